The Balaban J connectivity index is 2.08. The van der Waals surface area contributed by atoms with E-state index in [1.807, 2.05) is 46.8 Å². The van der Waals surface area contributed by atoms with Gasteiger partial charge in [-0.15, -0.1) is 0 Å². The van der Waals surface area contributed by atoms with Crippen LogP contribution in [0.15, 0.2) is 18.2 Å². The van der Waals surface area contributed by atoms with Gasteiger partial charge in [-0.1, -0.05) is 38.8 Å². The predicted molar refractivity (Wildman–Crippen MR) is 107 cm³/mol. The molecular weight excluding hydrogens is 356 g/mol. The minimum absolute atomic E-state index is 0.0380. The quantitative estimate of drug-likeness (QED) is 0.525. The highest BCUT2D eigenvalue weighted by atomic mass is 33.1. The van der Waals surface area contributed by atoms with Crippen LogP contribution in [-0.4, -0.2) is 42.2 Å². The van der Waals surface area contributed by atoms with Crippen LogP contribution in [0.5, 0.6) is 0 Å². The van der Waals surface area contributed by atoms with Crippen LogP contribution in [0.1, 0.15) is 42.3 Å². The number of hydrogen-bond acceptors (Lipinski definition) is 5. The molecule has 0 spiro atoms. The number of benzene rings is 1. The summed E-state index contributed by atoms with van der Waals surface area (Å²) in [6.07, 6.45) is -0.390. The van der Waals surface area contributed by atoms with E-state index in [4.69, 9.17) is 4.74 Å². The summed E-state index contributed by atoms with van der Waals surface area (Å²) in [7, 11) is 3.33. The number of nitrogens with one attached hydrogen (secondary N) is 2. The van der Waals surface area contributed by atoms with E-state index in [1.54, 1.807) is 21.6 Å². The summed E-state index contributed by atoms with van der Waals surface area (Å²) in [5.41, 5.74) is 2.41. The van der Waals surface area contributed by atoms with Crippen LogP contribution in [0.4, 0.5) is 4.79 Å². The summed E-state index contributed by atoms with van der Waals surface area (Å²) in [5, 5.41) is 5.64. The Kier molecular flexibility index (Phi) is 9.21. The van der Waals surface area contributed by atoms with Gasteiger partial charge in [0, 0.05) is 30.2 Å². The molecule has 0 aromatic heterocycles. The van der Waals surface area contributed by atoms with Crippen molar-refractivity contribution in [3.05, 3.63) is 34.9 Å². The SMILES string of the molecule is Cc1cc(C)cc(C(=O)NCCSSCCNC(=O)OC(C)(C)C)c1. The van der Waals surface area contributed by atoms with Crippen LogP contribution in [-0.2, 0) is 4.74 Å². The van der Waals surface area contributed by atoms with Crippen LogP contribution in [0, 0.1) is 13.8 Å². The van der Waals surface area contributed by atoms with E-state index in [2.05, 4.69) is 16.7 Å². The fraction of sp³-hybridized carbons (Fsp3) is 0.556. The van der Waals surface area contributed by atoms with E-state index in [-0.39, 0.29) is 12.0 Å². The van der Waals surface area contributed by atoms with Gasteiger partial charge in [-0.3, -0.25) is 4.79 Å². The second-order valence-electron chi connectivity index (χ2n) is 6.70. The van der Waals surface area contributed by atoms with Gasteiger partial charge in [0.15, 0.2) is 0 Å². The lowest BCUT2D eigenvalue weighted by Gasteiger charge is -2.19. The summed E-state index contributed by atoms with van der Waals surface area (Å²) in [6, 6.07) is 5.84. The Morgan fingerprint density at radius 2 is 1.48 bits per heavy atom. The smallest absolute Gasteiger partial charge is 0.407 e. The molecule has 0 saturated carbocycles. The average molecular weight is 385 g/mol. The van der Waals surface area contributed by atoms with Crippen molar-refractivity contribution >= 4 is 33.6 Å². The van der Waals surface area contributed by atoms with E-state index in [9.17, 15) is 9.59 Å². The van der Waals surface area contributed by atoms with Crippen molar-refractivity contribution < 1.29 is 14.3 Å². The Hall–Kier alpha value is -1.34. The van der Waals surface area contributed by atoms with E-state index in [0.717, 1.165) is 22.6 Å². The first kappa shape index (κ1) is 21.7. The fourth-order valence-electron chi connectivity index (χ4n) is 2.04. The molecule has 0 bridgehead atoms. The average Bonchev–Trinajstić information content (AvgIpc) is 2.46. The van der Waals surface area contributed by atoms with Gasteiger partial charge in [-0.2, -0.15) is 0 Å². The maximum absolute atomic E-state index is 12.1. The monoisotopic (exact) mass is 384 g/mol. The number of carbonyl (C=O) groups is 2. The molecule has 1 aromatic rings. The third-order valence-electron chi connectivity index (χ3n) is 2.89. The van der Waals surface area contributed by atoms with Crippen LogP contribution in [0.25, 0.3) is 0 Å². The molecule has 0 fully saturated rings. The van der Waals surface area contributed by atoms with Crippen molar-refractivity contribution in [1.29, 1.82) is 0 Å². The second-order valence-corrected chi connectivity index (χ2v) is 9.41. The molecule has 2 N–H and O–H groups in total. The topological polar surface area (TPSA) is 67.4 Å². The molecule has 0 unspecified atom stereocenters. The summed E-state index contributed by atoms with van der Waals surface area (Å²) >= 11 is 0. The van der Waals surface area contributed by atoms with E-state index in [0.29, 0.717) is 18.7 Å². The lowest BCUT2D eigenvalue weighted by molar-refractivity contribution is 0.0531. The first-order valence-electron chi connectivity index (χ1n) is 8.25. The summed E-state index contributed by atoms with van der Waals surface area (Å²) in [5.74, 6) is 1.56. The zero-order chi connectivity index (χ0) is 18.9. The minimum atomic E-state index is -0.472. The third kappa shape index (κ3) is 10.3. The highest BCUT2D eigenvalue weighted by molar-refractivity contribution is 8.76. The molecule has 0 radical (unpaired) electrons. The van der Waals surface area contributed by atoms with Crippen LogP contribution in [0.3, 0.4) is 0 Å². The van der Waals surface area contributed by atoms with Crippen molar-refractivity contribution in [3.8, 4) is 0 Å². The van der Waals surface area contributed by atoms with E-state index in [1.165, 1.54) is 0 Å². The molecule has 7 heteroatoms. The van der Waals surface area contributed by atoms with Crippen molar-refractivity contribution in [2.75, 3.05) is 24.6 Å². The van der Waals surface area contributed by atoms with Crippen molar-refractivity contribution in [2.24, 2.45) is 0 Å². The number of amides is 2. The number of carbonyl (C=O) groups excluding carboxylic acids is 2. The molecule has 0 aliphatic carbocycles. The lowest BCUT2D eigenvalue weighted by atomic mass is 10.1. The van der Waals surface area contributed by atoms with Gasteiger partial charge in [0.1, 0.15) is 5.60 Å². The highest BCUT2D eigenvalue weighted by Crippen LogP contribution is 2.19. The Morgan fingerprint density at radius 1 is 0.960 bits per heavy atom. The third-order valence-corrected chi connectivity index (χ3v) is 5.30. The molecule has 0 saturated heterocycles. The first-order chi connectivity index (χ1) is 11.7. The summed E-state index contributed by atoms with van der Waals surface area (Å²) < 4.78 is 5.15. The van der Waals surface area contributed by atoms with Crippen LogP contribution in [0.2, 0.25) is 0 Å². The molecule has 5 nitrogen and oxygen atoms in total. The van der Waals surface area contributed by atoms with Gasteiger partial charge >= 0.3 is 6.09 Å². The molecule has 0 aliphatic heterocycles. The number of rotatable bonds is 8. The van der Waals surface area contributed by atoms with Crippen LogP contribution >= 0.6 is 21.6 Å². The maximum atomic E-state index is 12.1. The maximum Gasteiger partial charge on any atom is 0.407 e. The van der Waals surface area contributed by atoms with Gasteiger partial charge in [-0.25, -0.2) is 4.79 Å². The van der Waals surface area contributed by atoms with Gasteiger partial charge in [-0.05, 0) is 46.8 Å². The molecule has 140 valence electrons. The van der Waals surface area contributed by atoms with Crippen molar-refractivity contribution in [1.82, 2.24) is 10.6 Å². The molecular formula is C18H28N2O3S2. The highest BCUT2D eigenvalue weighted by Gasteiger charge is 2.15. The number of ether oxygens (including phenoxy) is 1. The lowest BCUT2D eigenvalue weighted by Crippen LogP contribution is -2.33. The van der Waals surface area contributed by atoms with Gasteiger partial charge in [0.25, 0.3) is 5.91 Å². The Bertz CT molecular complexity index is 566. The largest absolute Gasteiger partial charge is 0.444 e. The molecule has 2 amide bonds. The minimum Gasteiger partial charge on any atom is -0.444 e. The van der Waals surface area contributed by atoms with E-state index >= 15 is 0 Å². The first-order valence-corrected chi connectivity index (χ1v) is 10.7. The van der Waals surface area contributed by atoms with Crippen molar-refractivity contribution in [3.63, 3.8) is 0 Å². The molecule has 0 atom stereocenters. The van der Waals surface area contributed by atoms with E-state index < -0.39 is 5.60 Å². The van der Waals surface area contributed by atoms with Crippen molar-refractivity contribution in [2.45, 2.75) is 40.2 Å². The fourth-order valence-corrected chi connectivity index (χ4v) is 3.85. The molecule has 0 aliphatic rings. The zero-order valence-corrected chi connectivity index (χ0v) is 17.2. The molecule has 0 heterocycles. The zero-order valence-electron chi connectivity index (χ0n) is 15.6. The summed E-state index contributed by atoms with van der Waals surface area (Å²) in [4.78, 5) is 23.5. The van der Waals surface area contributed by atoms with Crippen LogP contribution < -0.4 is 10.6 Å². The standard InChI is InChI=1S/C18H28N2O3S2/c1-13-10-14(2)12-15(11-13)16(21)19-6-8-24-25-9-7-20-17(22)23-18(3,4)5/h10-12H,6-9H2,1-5H3,(H,19,21)(H,20,22). The Labute approximate surface area is 158 Å². The Morgan fingerprint density at radius 3 is 2.00 bits per heavy atom. The number of alkyl carbamates (subject to hydrolysis) is 1. The number of aryl methyl sites for hydroxylation is 2. The predicted octanol–water partition coefficient (Wildman–Crippen LogP) is 3.94. The molecule has 1 aromatic carbocycles. The van der Waals surface area contributed by atoms with Gasteiger partial charge in [0.2, 0.25) is 0 Å². The van der Waals surface area contributed by atoms with Gasteiger partial charge < -0.3 is 15.4 Å². The number of hydrogen-bond donors (Lipinski definition) is 2. The molecule has 25 heavy (non-hydrogen) atoms. The second kappa shape index (κ2) is 10.6. The normalized spacial score (nSPS) is 11.1. The summed E-state index contributed by atoms with van der Waals surface area (Å²) in [6.45, 7) is 10.7. The van der Waals surface area contributed by atoms with Gasteiger partial charge in [0.05, 0.1) is 0 Å². The molecule has 1 rings (SSSR count).